The summed E-state index contributed by atoms with van der Waals surface area (Å²) in [5.74, 6) is 1.71. The molecule has 0 N–H and O–H groups in total. The number of ether oxygens (including phenoxy) is 1. The summed E-state index contributed by atoms with van der Waals surface area (Å²) in [7, 11) is 0. The molecule has 4 rings (SSSR count). The van der Waals surface area contributed by atoms with E-state index in [1.54, 1.807) is 6.20 Å². The van der Waals surface area contributed by atoms with Crippen LogP contribution in [-0.4, -0.2) is 62.5 Å². The summed E-state index contributed by atoms with van der Waals surface area (Å²) < 4.78 is 7.56. The fraction of sp³-hybridized carbons (Fsp3) is 0.368. The fourth-order valence-corrected chi connectivity index (χ4v) is 3.17. The molecule has 1 fully saturated rings. The lowest BCUT2D eigenvalue weighted by Gasteiger charge is -2.26. The van der Waals surface area contributed by atoms with Crippen LogP contribution in [0.1, 0.15) is 5.82 Å². The highest BCUT2D eigenvalue weighted by molar-refractivity contribution is 5.67. The summed E-state index contributed by atoms with van der Waals surface area (Å²) in [6.07, 6.45) is 5.44. The Morgan fingerprint density at radius 2 is 1.92 bits per heavy atom. The van der Waals surface area contributed by atoms with Gasteiger partial charge in [-0.2, -0.15) is 0 Å². The maximum absolute atomic E-state index is 5.42. The fourth-order valence-electron chi connectivity index (χ4n) is 3.17. The second-order valence-electron chi connectivity index (χ2n) is 6.35. The summed E-state index contributed by atoms with van der Waals surface area (Å²) in [4.78, 5) is 11.1. The van der Waals surface area contributed by atoms with Crippen LogP contribution >= 0.6 is 0 Å². The number of aryl methyl sites for hydroxylation is 1. The largest absolute Gasteiger partial charge is 0.379 e. The minimum absolute atomic E-state index is 0.807. The predicted molar refractivity (Wildman–Crippen MR) is 98.5 cm³/mol. The van der Waals surface area contributed by atoms with Crippen molar-refractivity contribution in [1.82, 2.24) is 29.6 Å². The molecular formula is C19H22N6O. The first-order valence-corrected chi connectivity index (χ1v) is 8.88. The highest BCUT2D eigenvalue weighted by Crippen LogP contribution is 2.23. The second kappa shape index (κ2) is 7.72. The van der Waals surface area contributed by atoms with Gasteiger partial charge in [-0.25, -0.2) is 0 Å². The molecule has 0 atom stereocenters. The quantitative estimate of drug-likeness (QED) is 0.701. The molecule has 0 spiro atoms. The molecule has 1 aliphatic rings. The van der Waals surface area contributed by atoms with Gasteiger partial charge in [0.2, 0.25) is 0 Å². The Balaban J connectivity index is 1.58. The van der Waals surface area contributed by atoms with Gasteiger partial charge in [0.15, 0.2) is 5.82 Å². The van der Waals surface area contributed by atoms with Crippen molar-refractivity contribution in [1.29, 1.82) is 0 Å². The summed E-state index contributed by atoms with van der Waals surface area (Å²) in [6.45, 7) is 7.35. The van der Waals surface area contributed by atoms with Crippen molar-refractivity contribution < 1.29 is 4.74 Å². The van der Waals surface area contributed by atoms with E-state index in [9.17, 15) is 0 Å². The van der Waals surface area contributed by atoms with E-state index >= 15 is 0 Å². The molecule has 0 saturated carbocycles. The van der Waals surface area contributed by atoms with Gasteiger partial charge in [-0.1, -0.05) is 6.07 Å². The second-order valence-corrected chi connectivity index (χ2v) is 6.35. The normalized spacial score (nSPS) is 15.3. The van der Waals surface area contributed by atoms with E-state index in [2.05, 4.69) is 29.6 Å². The minimum atomic E-state index is 0.807. The monoisotopic (exact) mass is 350 g/mol. The number of hydrogen-bond donors (Lipinski definition) is 0. The third kappa shape index (κ3) is 3.63. The van der Waals surface area contributed by atoms with Gasteiger partial charge in [0.1, 0.15) is 11.5 Å². The zero-order chi connectivity index (χ0) is 17.8. The van der Waals surface area contributed by atoms with Crippen molar-refractivity contribution in [3.8, 4) is 22.6 Å². The molecule has 0 bridgehead atoms. The molecular weight excluding hydrogens is 328 g/mol. The topological polar surface area (TPSA) is 69.0 Å². The number of morpholine rings is 1. The molecule has 0 radical (unpaired) electrons. The predicted octanol–water partition coefficient (Wildman–Crippen LogP) is 2.04. The molecule has 4 heterocycles. The molecule has 0 aromatic carbocycles. The number of rotatable bonds is 5. The van der Waals surface area contributed by atoms with Crippen molar-refractivity contribution in [2.75, 3.05) is 32.8 Å². The van der Waals surface area contributed by atoms with E-state index in [4.69, 9.17) is 4.74 Å². The Hall–Kier alpha value is -2.64. The van der Waals surface area contributed by atoms with Crippen molar-refractivity contribution in [3.05, 3.63) is 48.7 Å². The Labute approximate surface area is 152 Å². The highest BCUT2D eigenvalue weighted by Gasteiger charge is 2.16. The Morgan fingerprint density at radius 1 is 1.04 bits per heavy atom. The van der Waals surface area contributed by atoms with E-state index < -0.39 is 0 Å². The highest BCUT2D eigenvalue weighted by atomic mass is 16.5. The van der Waals surface area contributed by atoms with Crippen molar-refractivity contribution in [2.24, 2.45) is 0 Å². The van der Waals surface area contributed by atoms with Gasteiger partial charge in [-0.3, -0.25) is 14.9 Å². The number of pyridine rings is 2. The molecule has 1 saturated heterocycles. The summed E-state index contributed by atoms with van der Waals surface area (Å²) in [5.41, 5.74) is 2.96. The maximum atomic E-state index is 5.42. The van der Waals surface area contributed by atoms with E-state index in [0.717, 1.165) is 67.9 Å². The Kier molecular flexibility index (Phi) is 4.99. The number of hydrogen-bond acceptors (Lipinski definition) is 6. The Bertz CT molecular complexity index is 857. The number of aromatic nitrogens is 5. The van der Waals surface area contributed by atoms with Crippen molar-refractivity contribution in [2.45, 2.75) is 13.5 Å². The standard InChI is InChI=1S/C19H22N6O/c1-15-22-23-19(25(15)8-7-24-9-11-26-12-10-24)18-13-16(4-6-21-18)17-3-2-5-20-14-17/h2-6,13-14H,7-12H2,1H3. The molecule has 7 heteroatoms. The van der Waals surface area contributed by atoms with Crippen LogP contribution in [0.15, 0.2) is 42.9 Å². The third-order valence-corrected chi connectivity index (χ3v) is 4.66. The Morgan fingerprint density at radius 3 is 2.73 bits per heavy atom. The van der Waals surface area contributed by atoms with Crippen LogP contribution in [-0.2, 0) is 11.3 Å². The molecule has 7 nitrogen and oxygen atoms in total. The van der Waals surface area contributed by atoms with Crippen LogP contribution in [0.3, 0.4) is 0 Å². The summed E-state index contributed by atoms with van der Waals surface area (Å²) >= 11 is 0. The first kappa shape index (κ1) is 16.8. The maximum Gasteiger partial charge on any atom is 0.182 e. The molecule has 26 heavy (non-hydrogen) atoms. The van der Waals surface area contributed by atoms with E-state index in [1.165, 1.54) is 0 Å². The average Bonchev–Trinajstić information content (AvgIpc) is 3.08. The van der Waals surface area contributed by atoms with Crippen molar-refractivity contribution >= 4 is 0 Å². The van der Waals surface area contributed by atoms with E-state index in [1.807, 2.05) is 43.6 Å². The van der Waals surface area contributed by atoms with Gasteiger partial charge in [0.25, 0.3) is 0 Å². The lowest BCUT2D eigenvalue weighted by Crippen LogP contribution is -2.38. The van der Waals surface area contributed by atoms with Crippen LogP contribution < -0.4 is 0 Å². The SMILES string of the molecule is Cc1nnc(-c2cc(-c3cccnc3)ccn2)n1CCN1CCOCC1. The van der Waals surface area contributed by atoms with Gasteiger partial charge in [-0.15, -0.1) is 10.2 Å². The molecule has 3 aromatic heterocycles. The van der Waals surface area contributed by atoms with E-state index in [-0.39, 0.29) is 0 Å². The minimum Gasteiger partial charge on any atom is -0.379 e. The smallest absolute Gasteiger partial charge is 0.182 e. The molecule has 1 aliphatic heterocycles. The third-order valence-electron chi connectivity index (χ3n) is 4.66. The van der Waals surface area contributed by atoms with Crippen molar-refractivity contribution in [3.63, 3.8) is 0 Å². The molecule has 0 aliphatic carbocycles. The first-order chi connectivity index (χ1) is 12.8. The summed E-state index contributed by atoms with van der Waals surface area (Å²) in [6, 6.07) is 8.01. The average molecular weight is 350 g/mol. The molecule has 3 aromatic rings. The van der Waals surface area contributed by atoms with Gasteiger partial charge in [0, 0.05) is 50.3 Å². The first-order valence-electron chi connectivity index (χ1n) is 8.88. The van der Waals surface area contributed by atoms with Crippen LogP contribution in [0.2, 0.25) is 0 Å². The van der Waals surface area contributed by atoms with Crippen LogP contribution in [0.5, 0.6) is 0 Å². The molecule has 0 amide bonds. The van der Waals surface area contributed by atoms with Gasteiger partial charge in [0.05, 0.1) is 13.2 Å². The molecule has 0 unspecified atom stereocenters. The van der Waals surface area contributed by atoms with E-state index in [0.29, 0.717) is 0 Å². The van der Waals surface area contributed by atoms with Crippen LogP contribution in [0, 0.1) is 6.92 Å². The van der Waals surface area contributed by atoms with Crippen LogP contribution in [0.25, 0.3) is 22.6 Å². The van der Waals surface area contributed by atoms with Crippen LogP contribution in [0.4, 0.5) is 0 Å². The zero-order valence-electron chi connectivity index (χ0n) is 14.9. The zero-order valence-corrected chi connectivity index (χ0v) is 14.9. The lowest BCUT2D eigenvalue weighted by molar-refractivity contribution is 0.0364. The molecule has 134 valence electrons. The summed E-state index contributed by atoms with van der Waals surface area (Å²) in [5, 5.41) is 8.65. The lowest BCUT2D eigenvalue weighted by atomic mass is 10.1. The van der Waals surface area contributed by atoms with Gasteiger partial charge < -0.3 is 9.30 Å². The number of nitrogens with zero attached hydrogens (tertiary/aromatic N) is 6. The van der Waals surface area contributed by atoms with Gasteiger partial charge in [-0.05, 0) is 30.7 Å². The van der Waals surface area contributed by atoms with Gasteiger partial charge >= 0.3 is 0 Å².